The minimum Gasteiger partial charge on any atom is -0.508 e. The molecule has 0 saturated heterocycles. The normalized spacial score (nSPS) is 12.1. The molecule has 2 aromatic carbocycles. The zero-order chi connectivity index (χ0) is 19.0. The Kier molecular flexibility index (Phi) is 6.89. The average molecular weight is 365 g/mol. The molecule has 0 aliphatic carbocycles. The van der Waals surface area contributed by atoms with Gasteiger partial charge >= 0.3 is 6.18 Å². The number of benzene rings is 2. The summed E-state index contributed by atoms with van der Waals surface area (Å²) in [5.41, 5.74) is 1.14. The maximum Gasteiger partial charge on any atom is 0.416 e. The number of aromatic hydroxyl groups is 1. The molecule has 0 aliphatic rings. The van der Waals surface area contributed by atoms with Crippen LogP contribution in [0, 0.1) is 0 Å². The van der Waals surface area contributed by atoms with Gasteiger partial charge < -0.3 is 15.7 Å². The van der Waals surface area contributed by atoms with Crippen LogP contribution in [0.15, 0.2) is 53.5 Å². The molecular formula is C19H22F3N3O. The molecule has 26 heavy (non-hydrogen) atoms. The summed E-state index contributed by atoms with van der Waals surface area (Å²) < 4.78 is 37.7. The molecule has 0 unspecified atom stereocenters. The SMILES string of the molecule is CCNC(=NCc1ccc(O)cc1)NCCc1ccc(C(F)(F)F)cc1. The van der Waals surface area contributed by atoms with Gasteiger partial charge in [-0.05, 0) is 48.7 Å². The lowest BCUT2D eigenvalue weighted by Gasteiger charge is -2.12. The van der Waals surface area contributed by atoms with Gasteiger partial charge in [0.2, 0.25) is 0 Å². The largest absolute Gasteiger partial charge is 0.508 e. The van der Waals surface area contributed by atoms with Gasteiger partial charge in [0, 0.05) is 13.1 Å². The number of halogens is 3. The Bertz CT molecular complexity index is 710. The highest BCUT2D eigenvalue weighted by molar-refractivity contribution is 5.79. The number of guanidine groups is 1. The van der Waals surface area contributed by atoms with Gasteiger partial charge in [0.15, 0.2) is 5.96 Å². The van der Waals surface area contributed by atoms with Crippen LogP contribution in [0.4, 0.5) is 13.2 Å². The molecule has 2 aromatic rings. The molecule has 2 rings (SSSR count). The second kappa shape index (κ2) is 9.12. The fraction of sp³-hybridized carbons (Fsp3) is 0.316. The molecule has 0 aliphatic heterocycles. The standard InChI is InChI=1S/C19H22F3N3O/c1-2-23-18(25-13-15-5-9-17(26)10-6-15)24-12-11-14-3-7-16(8-4-14)19(20,21)22/h3-10,26H,2,11-13H2,1H3,(H2,23,24,25). The summed E-state index contributed by atoms with van der Waals surface area (Å²) in [4.78, 5) is 4.46. The Morgan fingerprint density at radius 1 is 0.962 bits per heavy atom. The van der Waals surface area contributed by atoms with E-state index in [4.69, 9.17) is 0 Å². The minimum atomic E-state index is -4.31. The number of phenolic OH excluding ortho intramolecular Hbond substituents is 1. The summed E-state index contributed by atoms with van der Waals surface area (Å²) in [7, 11) is 0. The van der Waals surface area contributed by atoms with E-state index in [9.17, 15) is 18.3 Å². The van der Waals surface area contributed by atoms with Crippen molar-refractivity contribution in [3.8, 4) is 5.75 Å². The second-order valence-corrected chi connectivity index (χ2v) is 5.73. The van der Waals surface area contributed by atoms with E-state index in [2.05, 4.69) is 15.6 Å². The van der Waals surface area contributed by atoms with Gasteiger partial charge in [-0.2, -0.15) is 13.2 Å². The molecule has 4 nitrogen and oxygen atoms in total. The third-order valence-corrected chi connectivity index (χ3v) is 3.69. The van der Waals surface area contributed by atoms with Gasteiger partial charge in [-0.25, -0.2) is 4.99 Å². The zero-order valence-electron chi connectivity index (χ0n) is 14.5. The topological polar surface area (TPSA) is 56.7 Å². The zero-order valence-corrected chi connectivity index (χ0v) is 14.5. The maximum atomic E-state index is 12.6. The van der Waals surface area contributed by atoms with Gasteiger partial charge in [-0.15, -0.1) is 0 Å². The summed E-state index contributed by atoms with van der Waals surface area (Å²) in [6.07, 6.45) is -3.72. The van der Waals surface area contributed by atoms with Gasteiger partial charge in [-0.1, -0.05) is 24.3 Å². The van der Waals surface area contributed by atoms with E-state index in [-0.39, 0.29) is 5.75 Å². The Balaban J connectivity index is 1.87. The number of nitrogens with one attached hydrogen (secondary N) is 2. The fourth-order valence-electron chi connectivity index (χ4n) is 2.30. The average Bonchev–Trinajstić information content (AvgIpc) is 2.61. The van der Waals surface area contributed by atoms with Crippen LogP contribution in [0.25, 0.3) is 0 Å². The Labute approximate surface area is 150 Å². The van der Waals surface area contributed by atoms with Crippen molar-refractivity contribution in [1.29, 1.82) is 0 Å². The molecule has 7 heteroatoms. The highest BCUT2D eigenvalue weighted by Gasteiger charge is 2.29. The molecule has 0 fully saturated rings. The summed E-state index contributed by atoms with van der Waals surface area (Å²) in [6.45, 7) is 3.65. The Hall–Kier alpha value is -2.70. The van der Waals surface area contributed by atoms with E-state index < -0.39 is 11.7 Å². The van der Waals surface area contributed by atoms with Gasteiger partial charge in [0.05, 0.1) is 12.1 Å². The molecule has 0 aromatic heterocycles. The van der Waals surface area contributed by atoms with E-state index in [1.165, 1.54) is 12.1 Å². The van der Waals surface area contributed by atoms with E-state index >= 15 is 0 Å². The van der Waals surface area contributed by atoms with Crippen molar-refractivity contribution in [2.45, 2.75) is 26.1 Å². The van der Waals surface area contributed by atoms with Crippen molar-refractivity contribution in [1.82, 2.24) is 10.6 Å². The second-order valence-electron chi connectivity index (χ2n) is 5.73. The molecule has 0 amide bonds. The van der Waals surface area contributed by atoms with Gasteiger partial charge in [0.25, 0.3) is 0 Å². The van der Waals surface area contributed by atoms with Crippen molar-refractivity contribution in [3.05, 3.63) is 65.2 Å². The van der Waals surface area contributed by atoms with Crippen molar-refractivity contribution in [3.63, 3.8) is 0 Å². The number of alkyl halides is 3. The van der Waals surface area contributed by atoms with Crippen molar-refractivity contribution < 1.29 is 18.3 Å². The highest BCUT2D eigenvalue weighted by atomic mass is 19.4. The van der Waals surface area contributed by atoms with Crippen LogP contribution in [0.3, 0.4) is 0 Å². The summed E-state index contributed by atoms with van der Waals surface area (Å²) in [5, 5.41) is 15.6. The van der Waals surface area contributed by atoms with Crippen LogP contribution in [0.2, 0.25) is 0 Å². The fourth-order valence-corrected chi connectivity index (χ4v) is 2.30. The highest BCUT2D eigenvalue weighted by Crippen LogP contribution is 2.29. The van der Waals surface area contributed by atoms with E-state index in [1.807, 2.05) is 6.92 Å². The first kappa shape index (κ1) is 19.6. The lowest BCUT2D eigenvalue weighted by molar-refractivity contribution is -0.137. The first-order chi connectivity index (χ1) is 12.4. The van der Waals surface area contributed by atoms with Crippen molar-refractivity contribution in [2.24, 2.45) is 4.99 Å². The Morgan fingerprint density at radius 2 is 1.58 bits per heavy atom. The molecule has 0 heterocycles. The molecule has 0 saturated carbocycles. The van der Waals surface area contributed by atoms with Crippen LogP contribution >= 0.6 is 0 Å². The lowest BCUT2D eigenvalue weighted by atomic mass is 10.1. The van der Waals surface area contributed by atoms with Gasteiger partial charge in [0.1, 0.15) is 5.75 Å². The minimum absolute atomic E-state index is 0.208. The van der Waals surface area contributed by atoms with E-state index in [0.717, 1.165) is 23.3 Å². The van der Waals surface area contributed by atoms with Crippen LogP contribution in [0.1, 0.15) is 23.6 Å². The summed E-state index contributed by atoms with van der Waals surface area (Å²) in [6, 6.07) is 12.0. The van der Waals surface area contributed by atoms with Crippen molar-refractivity contribution >= 4 is 5.96 Å². The monoisotopic (exact) mass is 365 g/mol. The molecule has 3 N–H and O–H groups in total. The van der Waals surface area contributed by atoms with E-state index in [1.54, 1.807) is 24.3 Å². The first-order valence-electron chi connectivity index (χ1n) is 8.34. The van der Waals surface area contributed by atoms with E-state index in [0.29, 0.717) is 32.0 Å². The number of hydrogen-bond donors (Lipinski definition) is 3. The predicted octanol–water partition coefficient (Wildman–Crippen LogP) is 3.71. The third kappa shape index (κ3) is 6.31. The van der Waals surface area contributed by atoms with Crippen LogP contribution in [-0.4, -0.2) is 24.2 Å². The number of phenols is 1. The summed E-state index contributed by atoms with van der Waals surface area (Å²) in [5.74, 6) is 0.840. The maximum absolute atomic E-state index is 12.6. The first-order valence-corrected chi connectivity index (χ1v) is 8.34. The third-order valence-electron chi connectivity index (χ3n) is 3.69. The number of nitrogens with zero attached hydrogens (tertiary/aromatic N) is 1. The Morgan fingerprint density at radius 3 is 2.15 bits per heavy atom. The molecule has 0 atom stereocenters. The van der Waals surface area contributed by atoms with Crippen molar-refractivity contribution in [2.75, 3.05) is 13.1 Å². The predicted molar refractivity (Wildman–Crippen MR) is 96.1 cm³/mol. The number of rotatable bonds is 6. The van der Waals surface area contributed by atoms with Crippen LogP contribution in [0.5, 0.6) is 5.75 Å². The molecule has 140 valence electrons. The smallest absolute Gasteiger partial charge is 0.416 e. The van der Waals surface area contributed by atoms with Crippen LogP contribution < -0.4 is 10.6 Å². The molecule has 0 bridgehead atoms. The number of hydrogen-bond acceptors (Lipinski definition) is 2. The molecular weight excluding hydrogens is 343 g/mol. The van der Waals surface area contributed by atoms with Gasteiger partial charge in [-0.3, -0.25) is 0 Å². The van der Waals surface area contributed by atoms with Crippen LogP contribution in [-0.2, 0) is 19.1 Å². The molecule has 0 spiro atoms. The molecule has 0 radical (unpaired) electrons. The quantitative estimate of drug-likeness (QED) is 0.540. The number of aliphatic imine (C=N–C) groups is 1. The lowest BCUT2D eigenvalue weighted by Crippen LogP contribution is -2.38. The summed E-state index contributed by atoms with van der Waals surface area (Å²) >= 11 is 0.